The van der Waals surface area contributed by atoms with Crippen molar-refractivity contribution in [3.63, 3.8) is 0 Å². The molecule has 1 atom stereocenters. The SMILES string of the molecule is CC(=O)Nc1cccc(C2SCC(=O)N2c2ccc(C)cc2C)c1. The number of benzene rings is 2. The molecule has 0 spiro atoms. The van der Waals surface area contributed by atoms with E-state index in [1.54, 1.807) is 11.8 Å². The third kappa shape index (κ3) is 3.31. The summed E-state index contributed by atoms with van der Waals surface area (Å²) < 4.78 is 0. The normalized spacial score (nSPS) is 17.2. The van der Waals surface area contributed by atoms with Crippen LogP contribution >= 0.6 is 11.8 Å². The van der Waals surface area contributed by atoms with Gasteiger partial charge in [-0.05, 0) is 43.2 Å². The molecule has 0 aliphatic carbocycles. The van der Waals surface area contributed by atoms with Crippen LogP contribution in [0.15, 0.2) is 42.5 Å². The molecule has 1 unspecified atom stereocenters. The lowest BCUT2D eigenvalue weighted by Crippen LogP contribution is -2.28. The highest BCUT2D eigenvalue weighted by Gasteiger charge is 2.34. The Morgan fingerprint density at radius 3 is 2.71 bits per heavy atom. The highest BCUT2D eigenvalue weighted by atomic mass is 32.2. The molecule has 0 saturated carbocycles. The number of thioether (sulfide) groups is 1. The minimum absolute atomic E-state index is 0.0763. The molecule has 0 radical (unpaired) electrons. The van der Waals surface area contributed by atoms with Crippen LogP contribution in [0.4, 0.5) is 11.4 Å². The average Bonchev–Trinajstić information content (AvgIpc) is 2.89. The molecule has 0 aromatic heterocycles. The predicted octanol–water partition coefficient (Wildman–Crippen LogP) is 4.04. The molecule has 1 heterocycles. The van der Waals surface area contributed by atoms with Crippen LogP contribution in [0.5, 0.6) is 0 Å². The molecule has 1 N–H and O–H groups in total. The Labute approximate surface area is 146 Å². The number of nitrogens with one attached hydrogen (secondary N) is 1. The van der Waals surface area contributed by atoms with Crippen LogP contribution in [0, 0.1) is 13.8 Å². The van der Waals surface area contributed by atoms with Crippen molar-refractivity contribution in [2.75, 3.05) is 16.0 Å². The number of rotatable bonds is 3. The largest absolute Gasteiger partial charge is 0.326 e. The van der Waals surface area contributed by atoms with Crippen molar-refractivity contribution >= 4 is 35.0 Å². The van der Waals surface area contributed by atoms with Crippen LogP contribution in [0.3, 0.4) is 0 Å². The van der Waals surface area contributed by atoms with Gasteiger partial charge in [0.1, 0.15) is 5.37 Å². The fourth-order valence-electron chi connectivity index (χ4n) is 2.98. The summed E-state index contributed by atoms with van der Waals surface area (Å²) in [6, 6.07) is 13.8. The number of anilines is 2. The summed E-state index contributed by atoms with van der Waals surface area (Å²) in [5.41, 5.74) is 4.98. The van der Waals surface area contributed by atoms with Gasteiger partial charge in [0.05, 0.1) is 5.75 Å². The second kappa shape index (κ2) is 6.69. The summed E-state index contributed by atoms with van der Waals surface area (Å²) in [6.45, 7) is 5.57. The number of aryl methyl sites for hydroxylation is 2. The second-order valence-electron chi connectivity index (χ2n) is 6.02. The maximum Gasteiger partial charge on any atom is 0.238 e. The zero-order chi connectivity index (χ0) is 17.3. The molecule has 1 fully saturated rings. The fourth-order valence-corrected chi connectivity index (χ4v) is 4.14. The first-order valence-electron chi connectivity index (χ1n) is 7.84. The third-order valence-electron chi connectivity index (χ3n) is 3.97. The predicted molar refractivity (Wildman–Crippen MR) is 99.3 cm³/mol. The molecular formula is C19H20N2O2S. The molecule has 4 nitrogen and oxygen atoms in total. The maximum absolute atomic E-state index is 12.5. The van der Waals surface area contributed by atoms with Gasteiger partial charge >= 0.3 is 0 Å². The van der Waals surface area contributed by atoms with Gasteiger partial charge in [0.25, 0.3) is 0 Å². The fraction of sp³-hybridized carbons (Fsp3) is 0.263. The van der Waals surface area contributed by atoms with Crippen LogP contribution in [0.2, 0.25) is 0 Å². The van der Waals surface area contributed by atoms with Gasteiger partial charge < -0.3 is 5.32 Å². The van der Waals surface area contributed by atoms with E-state index in [2.05, 4.69) is 11.4 Å². The van der Waals surface area contributed by atoms with Crippen molar-refractivity contribution in [3.05, 3.63) is 59.2 Å². The molecule has 124 valence electrons. The topological polar surface area (TPSA) is 49.4 Å². The van der Waals surface area contributed by atoms with E-state index in [-0.39, 0.29) is 17.2 Å². The Balaban J connectivity index is 1.97. The summed E-state index contributed by atoms with van der Waals surface area (Å²) in [4.78, 5) is 25.6. The Bertz CT molecular complexity index is 804. The van der Waals surface area contributed by atoms with E-state index in [0.717, 1.165) is 22.5 Å². The van der Waals surface area contributed by atoms with Crippen molar-refractivity contribution in [2.24, 2.45) is 0 Å². The van der Waals surface area contributed by atoms with Gasteiger partial charge in [-0.3, -0.25) is 14.5 Å². The van der Waals surface area contributed by atoms with Gasteiger partial charge in [-0.15, -0.1) is 11.8 Å². The highest BCUT2D eigenvalue weighted by Crippen LogP contribution is 2.43. The zero-order valence-electron chi connectivity index (χ0n) is 14.0. The van der Waals surface area contributed by atoms with Gasteiger partial charge in [0, 0.05) is 18.3 Å². The average molecular weight is 340 g/mol. The molecule has 3 rings (SSSR count). The number of amides is 2. The molecule has 2 amide bonds. The number of hydrogen-bond acceptors (Lipinski definition) is 3. The monoisotopic (exact) mass is 340 g/mol. The van der Waals surface area contributed by atoms with Crippen molar-refractivity contribution in [1.82, 2.24) is 0 Å². The van der Waals surface area contributed by atoms with E-state index in [0.29, 0.717) is 5.75 Å². The van der Waals surface area contributed by atoms with Crippen LogP contribution in [-0.2, 0) is 9.59 Å². The van der Waals surface area contributed by atoms with Crippen molar-refractivity contribution in [2.45, 2.75) is 26.1 Å². The molecular weight excluding hydrogens is 320 g/mol. The first-order valence-corrected chi connectivity index (χ1v) is 8.89. The number of carbonyl (C=O) groups is 2. The summed E-state index contributed by atoms with van der Waals surface area (Å²) in [5.74, 6) is 0.470. The minimum Gasteiger partial charge on any atom is -0.326 e. The summed E-state index contributed by atoms with van der Waals surface area (Å²) in [7, 11) is 0. The standard InChI is InChI=1S/C19H20N2O2S/c1-12-7-8-17(13(2)9-12)21-18(23)11-24-19(21)15-5-4-6-16(10-15)20-14(3)22/h4-10,19H,11H2,1-3H3,(H,20,22). The third-order valence-corrected chi connectivity index (χ3v) is 5.18. The molecule has 1 aliphatic heterocycles. The van der Waals surface area contributed by atoms with E-state index in [1.165, 1.54) is 12.5 Å². The quantitative estimate of drug-likeness (QED) is 0.917. The smallest absolute Gasteiger partial charge is 0.238 e. The molecule has 24 heavy (non-hydrogen) atoms. The number of nitrogens with zero attached hydrogens (tertiary/aromatic N) is 1. The molecule has 0 bridgehead atoms. The first-order chi connectivity index (χ1) is 11.5. The van der Waals surface area contributed by atoms with Gasteiger partial charge in [0.2, 0.25) is 11.8 Å². The Hall–Kier alpha value is -2.27. The van der Waals surface area contributed by atoms with Crippen LogP contribution < -0.4 is 10.2 Å². The van der Waals surface area contributed by atoms with Gasteiger partial charge in [-0.2, -0.15) is 0 Å². The first kappa shape index (κ1) is 16.6. The lowest BCUT2D eigenvalue weighted by atomic mass is 10.1. The molecule has 1 aliphatic rings. The second-order valence-corrected chi connectivity index (χ2v) is 7.09. The summed E-state index contributed by atoms with van der Waals surface area (Å²) in [5, 5.41) is 2.73. The van der Waals surface area contributed by atoms with Crippen LogP contribution in [0.25, 0.3) is 0 Å². The van der Waals surface area contributed by atoms with Crippen LogP contribution in [0.1, 0.15) is 29.0 Å². The Morgan fingerprint density at radius 1 is 1.21 bits per heavy atom. The summed E-state index contributed by atoms with van der Waals surface area (Å²) >= 11 is 1.61. The van der Waals surface area contributed by atoms with Gasteiger partial charge in [0.15, 0.2) is 0 Å². The van der Waals surface area contributed by atoms with E-state index < -0.39 is 0 Å². The maximum atomic E-state index is 12.5. The number of carbonyl (C=O) groups excluding carboxylic acids is 2. The molecule has 2 aromatic carbocycles. The Morgan fingerprint density at radius 2 is 2.00 bits per heavy atom. The minimum atomic E-state index is -0.103. The van der Waals surface area contributed by atoms with Crippen molar-refractivity contribution in [3.8, 4) is 0 Å². The lowest BCUT2D eigenvalue weighted by Gasteiger charge is -2.26. The van der Waals surface area contributed by atoms with E-state index in [4.69, 9.17) is 0 Å². The molecule has 1 saturated heterocycles. The van der Waals surface area contributed by atoms with Crippen LogP contribution in [-0.4, -0.2) is 17.6 Å². The van der Waals surface area contributed by atoms with Gasteiger partial charge in [-0.25, -0.2) is 0 Å². The summed E-state index contributed by atoms with van der Waals surface area (Å²) in [6.07, 6.45) is 0. The molecule has 2 aromatic rings. The van der Waals surface area contributed by atoms with Gasteiger partial charge in [-0.1, -0.05) is 29.8 Å². The Kier molecular flexibility index (Phi) is 4.62. The zero-order valence-corrected chi connectivity index (χ0v) is 14.8. The lowest BCUT2D eigenvalue weighted by molar-refractivity contribution is -0.116. The number of hydrogen-bond donors (Lipinski definition) is 1. The van der Waals surface area contributed by atoms with Crippen molar-refractivity contribution < 1.29 is 9.59 Å². The van der Waals surface area contributed by atoms with Crippen molar-refractivity contribution in [1.29, 1.82) is 0 Å². The highest BCUT2D eigenvalue weighted by molar-refractivity contribution is 8.00. The van der Waals surface area contributed by atoms with E-state index >= 15 is 0 Å². The van der Waals surface area contributed by atoms with E-state index in [1.807, 2.05) is 55.1 Å². The van der Waals surface area contributed by atoms with E-state index in [9.17, 15) is 9.59 Å². The molecule has 5 heteroatoms.